The molecule has 5 atom stereocenters. The molecule has 258 valence electrons. The summed E-state index contributed by atoms with van der Waals surface area (Å²) in [5, 5.41) is 1.94. The molecule has 0 aliphatic carbocycles. The number of imide groups is 1. The summed E-state index contributed by atoms with van der Waals surface area (Å²) < 4.78 is 35.3. The Bertz CT molecular complexity index is 1580. The van der Waals surface area contributed by atoms with Crippen molar-refractivity contribution in [3.05, 3.63) is 144 Å². The van der Waals surface area contributed by atoms with Gasteiger partial charge < -0.3 is 28.4 Å². The first-order chi connectivity index (χ1) is 23.8. The fourth-order valence-electron chi connectivity index (χ4n) is 5.14. The monoisotopic (exact) mass is 727 g/mol. The van der Waals surface area contributed by atoms with Gasteiger partial charge in [-0.25, -0.2) is 4.79 Å². The molecule has 5 rings (SSSR count). The SMILES string of the molecule is O=C(NC(=O)C(Cl)(Cl)Cl)O[C@@H]1O[C@H](COCc2ccccc2)[C@H](OCc2ccccc2)[C@H](OCc2ccccc2)[C@H]1OCc1ccccc1. The van der Waals surface area contributed by atoms with Gasteiger partial charge in [0.1, 0.15) is 24.4 Å². The number of benzene rings is 4. The molecule has 1 aliphatic heterocycles. The molecule has 0 saturated carbocycles. The molecule has 0 bridgehead atoms. The molecular formula is C37H36Cl3NO8. The fourth-order valence-corrected chi connectivity index (χ4v) is 5.28. The van der Waals surface area contributed by atoms with Gasteiger partial charge in [-0.05, 0) is 22.3 Å². The van der Waals surface area contributed by atoms with Crippen LogP contribution < -0.4 is 5.32 Å². The highest BCUT2D eigenvalue weighted by atomic mass is 35.6. The Hall–Kier alpha value is -3.51. The lowest BCUT2D eigenvalue weighted by molar-refractivity contribution is -0.315. The van der Waals surface area contributed by atoms with Gasteiger partial charge in [0.05, 0.1) is 33.0 Å². The third kappa shape index (κ3) is 11.5. The van der Waals surface area contributed by atoms with Crippen molar-refractivity contribution in [2.24, 2.45) is 0 Å². The van der Waals surface area contributed by atoms with Crippen LogP contribution in [0.3, 0.4) is 0 Å². The first-order valence-electron chi connectivity index (χ1n) is 15.6. The number of hydrogen-bond acceptors (Lipinski definition) is 8. The van der Waals surface area contributed by atoms with Crippen LogP contribution in [0.1, 0.15) is 22.3 Å². The molecule has 0 unspecified atom stereocenters. The molecule has 4 aromatic carbocycles. The number of alkyl carbamates (subject to hydrolysis) is 1. The molecule has 1 N–H and O–H groups in total. The molecule has 1 saturated heterocycles. The van der Waals surface area contributed by atoms with E-state index >= 15 is 0 Å². The third-order valence-corrected chi connectivity index (χ3v) is 8.05. The molecule has 1 aliphatic rings. The van der Waals surface area contributed by atoms with Crippen molar-refractivity contribution in [2.45, 2.75) is 60.9 Å². The van der Waals surface area contributed by atoms with Crippen molar-refractivity contribution in [1.29, 1.82) is 0 Å². The second-order valence-electron chi connectivity index (χ2n) is 11.2. The lowest BCUT2D eigenvalue weighted by atomic mass is 9.97. The fraction of sp³-hybridized carbons (Fsp3) is 0.297. The minimum absolute atomic E-state index is 0.0412. The Morgan fingerprint density at radius 2 is 1.00 bits per heavy atom. The van der Waals surface area contributed by atoms with E-state index in [9.17, 15) is 9.59 Å². The summed E-state index contributed by atoms with van der Waals surface area (Å²) in [6, 6.07) is 38.4. The second-order valence-corrected chi connectivity index (χ2v) is 13.5. The Labute approximate surface area is 300 Å². The topological polar surface area (TPSA) is 102 Å². The van der Waals surface area contributed by atoms with E-state index in [0.29, 0.717) is 6.61 Å². The zero-order chi connectivity index (χ0) is 34.5. The van der Waals surface area contributed by atoms with Gasteiger partial charge in [0, 0.05) is 0 Å². The Kier molecular flexibility index (Phi) is 13.9. The van der Waals surface area contributed by atoms with E-state index < -0.39 is 46.5 Å². The van der Waals surface area contributed by atoms with Gasteiger partial charge in [-0.1, -0.05) is 156 Å². The van der Waals surface area contributed by atoms with E-state index in [1.165, 1.54) is 0 Å². The molecule has 4 aromatic rings. The Morgan fingerprint density at radius 3 is 1.45 bits per heavy atom. The molecule has 0 aromatic heterocycles. The van der Waals surface area contributed by atoms with E-state index in [-0.39, 0.29) is 26.4 Å². The van der Waals surface area contributed by atoms with Crippen molar-refractivity contribution in [1.82, 2.24) is 5.32 Å². The lowest BCUT2D eigenvalue weighted by Crippen LogP contribution is -2.62. The van der Waals surface area contributed by atoms with Gasteiger partial charge in [-0.2, -0.15) is 0 Å². The second kappa shape index (κ2) is 18.5. The van der Waals surface area contributed by atoms with E-state index in [0.717, 1.165) is 22.3 Å². The summed E-state index contributed by atoms with van der Waals surface area (Å²) in [5.41, 5.74) is 3.64. The Balaban J connectivity index is 1.46. The molecule has 12 heteroatoms. The van der Waals surface area contributed by atoms with E-state index in [1.54, 1.807) is 0 Å². The predicted molar refractivity (Wildman–Crippen MR) is 185 cm³/mol. The summed E-state index contributed by atoms with van der Waals surface area (Å²) in [4.78, 5) is 25.3. The lowest BCUT2D eigenvalue weighted by Gasteiger charge is -2.45. The maximum absolute atomic E-state index is 13.0. The van der Waals surface area contributed by atoms with Gasteiger partial charge >= 0.3 is 6.09 Å². The van der Waals surface area contributed by atoms with Crippen LogP contribution in [0, 0.1) is 0 Å². The summed E-state index contributed by atoms with van der Waals surface area (Å²) in [5.74, 6) is -1.19. The average Bonchev–Trinajstić information content (AvgIpc) is 3.11. The smallest absolute Gasteiger partial charge is 0.416 e. The van der Waals surface area contributed by atoms with Gasteiger partial charge in [0.25, 0.3) is 9.70 Å². The highest BCUT2D eigenvalue weighted by Gasteiger charge is 2.50. The molecule has 2 amide bonds. The normalized spacial score (nSPS) is 20.8. The minimum atomic E-state index is -2.40. The van der Waals surface area contributed by atoms with Gasteiger partial charge in [0.2, 0.25) is 6.29 Å². The van der Waals surface area contributed by atoms with E-state index in [4.69, 9.17) is 63.2 Å². The van der Waals surface area contributed by atoms with E-state index in [1.807, 2.05) is 127 Å². The highest BCUT2D eigenvalue weighted by Crippen LogP contribution is 2.32. The summed E-state index contributed by atoms with van der Waals surface area (Å²) in [7, 11) is 0. The van der Waals surface area contributed by atoms with Crippen LogP contribution in [0.4, 0.5) is 4.79 Å². The van der Waals surface area contributed by atoms with Gasteiger partial charge in [0.15, 0.2) is 0 Å². The summed E-state index contributed by atoms with van der Waals surface area (Å²) >= 11 is 17.0. The van der Waals surface area contributed by atoms with Crippen LogP contribution in [0.5, 0.6) is 0 Å². The maximum atomic E-state index is 13.0. The first-order valence-corrected chi connectivity index (χ1v) is 16.7. The van der Waals surface area contributed by atoms with Crippen LogP contribution in [-0.2, 0) is 59.6 Å². The number of nitrogens with one attached hydrogen (secondary N) is 1. The van der Waals surface area contributed by atoms with Gasteiger partial charge in [-0.15, -0.1) is 0 Å². The molecular weight excluding hydrogens is 693 g/mol. The van der Waals surface area contributed by atoms with Crippen molar-refractivity contribution in [3.8, 4) is 0 Å². The van der Waals surface area contributed by atoms with Crippen LogP contribution in [0.25, 0.3) is 0 Å². The molecule has 49 heavy (non-hydrogen) atoms. The molecule has 1 fully saturated rings. The number of amides is 2. The third-order valence-electron chi connectivity index (χ3n) is 7.54. The maximum Gasteiger partial charge on any atom is 0.416 e. The van der Waals surface area contributed by atoms with Crippen molar-refractivity contribution in [3.63, 3.8) is 0 Å². The number of halogens is 3. The zero-order valence-electron chi connectivity index (χ0n) is 26.4. The largest absolute Gasteiger partial charge is 0.416 e. The van der Waals surface area contributed by atoms with Crippen molar-refractivity contribution >= 4 is 46.8 Å². The molecule has 0 radical (unpaired) electrons. The minimum Gasteiger partial charge on any atom is -0.416 e. The van der Waals surface area contributed by atoms with Crippen LogP contribution >= 0.6 is 34.8 Å². The van der Waals surface area contributed by atoms with Crippen LogP contribution in [-0.4, -0.2) is 53.1 Å². The summed E-state index contributed by atoms with van der Waals surface area (Å²) in [6.45, 7) is 0.864. The number of carbonyl (C=O) groups is 2. The van der Waals surface area contributed by atoms with Crippen LogP contribution in [0.15, 0.2) is 121 Å². The predicted octanol–water partition coefficient (Wildman–Crippen LogP) is 7.31. The summed E-state index contributed by atoms with van der Waals surface area (Å²) in [6.07, 6.45) is -6.06. The number of rotatable bonds is 14. The molecule has 1 heterocycles. The first kappa shape index (κ1) is 36.8. The van der Waals surface area contributed by atoms with Gasteiger partial charge in [-0.3, -0.25) is 10.1 Å². The standard InChI is InChI=1S/C37H36Cl3NO8/c38-37(39,40)35(42)41-36(43)49-34-33(47-24-29-19-11-4-12-20-29)32(46-23-28-17-9-3-10-18-28)31(45-22-27-15-7-2-8-16-27)30(48-34)25-44-21-26-13-5-1-6-14-26/h1-20,30-34H,21-25H2,(H,41,42,43)/t30-,31+,32+,33-,34+/m1/s1. The number of alkyl halides is 3. The van der Waals surface area contributed by atoms with Crippen LogP contribution in [0.2, 0.25) is 0 Å². The zero-order valence-corrected chi connectivity index (χ0v) is 28.6. The highest BCUT2D eigenvalue weighted by molar-refractivity contribution is 6.76. The number of hydrogen-bond donors (Lipinski definition) is 1. The van der Waals surface area contributed by atoms with Crippen molar-refractivity contribution in [2.75, 3.05) is 6.61 Å². The molecule has 0 spiro atoms. The number of carbonyl (C=O) groups excluding carboxylic acids is 2. The Morgan fingerprint density at radius 1 is 0.592 bits per heavy atom. The molecule has 9 nitrogen and oxygen atoms in total. The average molecular weight is 729 g/mol. The van der Waals surface area contributed by atoms with Crippen molar-refractivity contribution < 1.29 is 38.0 Å². The quantitative estimate of drug-likeness (QED) is 0.135. The van der Waals surface area contributed by atoms with E-state index in [2.05, 4.69) is 0 Å². The number of ether oxygens (including phenoxy) is 6.